The normalized spacial score (nSPS) is 15.9. The van der Waals surface area contributed by atoms with Crippen molar-refractivity contribution in [3.63, 3.8) is 0 Å². The van der Waals surface area contributed by atoms with Gasteiger partial charge >= 0.3 is 0 Å². The topological polar surface area (TPSA) is 75.6 Å². The van der Waals surface area contributed by atoms with E-state index in [4.69, 9.17) is 4.74 Å². The smallest absolute Gasteiger partial charge is 0.246 e. The van der Waals surface area contributed by atoms with Crippen LogP contribution >= 0.6 is 0 Å². The molecule has 2 heterocycles. The molecule has 152 valence electrons. The Morgan fingerprint density at radius 3 is 2.36 bits per heavy atom. The molecule has 3 rings (SSSR count). The fourth-order valence-corrected chi connectivity index (χ4v) is 4.44. The van der Waals surface area contributed by atoms with Crippen LogP contribution < -0.4 is 9.64 Å². The van der Waals surface area contributed by atoms with Crippen molar-refractivity contribution in [1.29, 1.82) is 0 Å². The summed E-state index contributed by atoms with van der Waals surface area (Å²) in [7, 11) is -4.04. The highest BCUT2D eigenvalue weighted by Crippen LogP contribution is 2.24. The molecule has 0 saturated carbocycles. The number of halogens is 2. The van der Waals surface area contributed by atoms with Gasteiger partial charge < -0.3 is 9.64 Å². The van der Waals surface area contributed by atoms with Crippen LogP contribution in [0.5, 0.6) is 5.88 Å². The summed E-state index contributed by atoms with van der Waals surface area (Å²) in [4.78, 5) is 10.0. The SMILES string of the molecule is Cc1nc(OC(C)C)cc(N2CCN(S(=O)(=O)c3ccc(F)cc3F)CC2)n1. The number of anilines is 1. The molecule has 1 aliphatic rings. The molecule has 7 nitrogen and oxygen atoms in total. The first-order chi connectivity index (χ1) is 13.2. The number of hydrogen-bond donors (Lipinski definition) is 0. The van der Waals surface area contributed by atoms with E-state index in [0.717, 1.165) is 12.1 Å². The van der Waals surface area contributed by atoms with Crippen molar-refractivity contribution in [1.82, 2.24) is 14.3 Å². The second-order valence-corrected chi connectivity index (χ2v) is 8.65. The van der Waals surface area contributed by atoms with E-state index in [1.165, 1.54) is 4.31 Å². The van der Waals surface area contributed by atoms with Gasteiger partial charge in [0.05, 0.1) is 6.10 Å². The standard InChI is InChI=1S/C18H22F2N4O3S/c1-12(2)27-18-11-17(21-13(3)22-18)23-6-8-24(9-7-23)28(25,26)16-5-4-14(19)10-15(16)20/h4-5,10-12H,6-9H2,1-3H3. The highest BCUT2D eigenvalue weighted by Gasteiger charge is 2.31. The summed E-state index contributed by atoms with van der Waals surface area (Å²) in [6.07, 6.45) is -0.0326. The van der Waals surface area contributed by atoms with E-state index in [-0.39, 0.29) is 19.2 Å². The van der Waals surface area contributed by atoms with Crippen molar-refractivity contribution in [3.05, 3.63) is 41.7 Å². The van der Waals surface area contributed by atoms with Crippen molar-refractivity contribution in [2.75, 3.05) is 31.1 Å². The van der Waals surface area contributed by atoms with E-state index in [1.54, 1.807) is 13.0 Å². The third-order valence-corrected chi connectivity index (χ3v) is 6.16. The minimum atomic E-state index is -4.04. The molecule has 0 unspecified atom stereocenters. The number of aromatic nitrogens is 2. The van der Waals surface area contributed by atoms with Crippen molar-refractivity contribution < 1.29 is 21.9 Å². The van der Waals surface area contributed by atoms with Gasteiger partial charge in [-0.1, -0.05) is 0 Å². The molecule has 0 bridgehead atoms. The summed E-state index contributed by atoms with van der Waals surface area (Å²) in [5, 5.41) is 0. The molecule has 0 radical (unpaired) electrons. The molecule has 0 amide bonds. The molecule has 1 saturated heterocycles. The molecule has 1 fully saturated rings. The number of aryl methyl sites for hydroxylation is 1. The molecular weight excluding hydrogens is 390 g/mol. The van der Waals surface area contributed by atoms with Gasteiger partial charge in [0, 0.05) is 38.3 Å². The quantitative estimate of drug-likeness (QED) is 0.751. The highest BCUT2D eigenvalue weighted by molar-refractivity contribution is 7.89. The molecule has 10 heteroatoms. The first-order valence-electron chi connectivity index (χ1n) is 8.89. The van der Waals surface area contributed by atoms with E-state index in [9.17, 15) is 17.2 Å². The molecule has 0 atom stereocenters. The van der Waals surface area contributed by atoms with E-state index in [1.807, 2.05) is 18.7 Å². The lowest BCUT2D eigenvalue weighted by atomic mass is 10.3. The fraction of sp³-hybridized carbons (Fsp3) is 0.444. The third-order valence-electron chi connectivity index (χ3n) is 4.23. The van der Waals surface area contributed by atoms with E-state index < -0.39 is 26.6 Å². The van der Waals surface area contributed by atoms with Crippen LogP contribution in [-0.4, -0.2) is 55.0 Å². The monoisotopic (exact) mass is 412 g/mol. The number of ether oxygens (including phenoxy) is 1. The Morgan fingerprint density at radius 1 is 1.07 bits per heavy atom. The van der Waals surface area contributed by atoms with Gasteiger partial charge in [-0.05, 0) is 32.9 Å². The molecule has 1 aromatic carbocycles. The maximum atomic E-state index is 13.9. The zero-order chi connectivity index (χ0) is 20.5. The Balaban J connectivity index is 1.75. The average molecular weight is 412 g/mol. The maximum Gasteiger partial charge on any atom is 0.246 e. The van der Waals surface area contributed by atoms with Gasteiger partial charge in [-0.15, -0.1) is 0 Å². The zero-order valence-corrected chi connectivity index (χ0v) is 16.7. The molecular formula is C18H22F2N4O3S. The van der Waals surface area contributed by atoms with E-state index in [0.29, 0.717) is 36.7 Å². The highest BCUT2D eigenvalue weighted by atomic mass is 32.2. The van der Waals surface area contributed by atoms with Crippen LogP contribution in [0.15, 0.2) is 29.2 Å². The van der Waals surface area contributed by atoms with E-state index >= 15 is 0 Å². The third kappa shape index (κ3) is 4.39. The molecule has 1 aliphatic heterocycles. The largest absolute Gasteiger partial charge is 0.475 e. The summed E-state index contributed by atoms with van der Waals surface area (Å²) in [5.74, 6) is -0.255. The Morgan fingerprint density at radius 2 is 1.75 bits per heavy atom. The molecule has 2 aromatic rings. The Labute approximate surface area is 163 Å². The predicted molar refractivity (Wildman–Crippen MR) is 99.9 cm³/mol. The molecule has 28 heavy (non-hydrogen) atoms. The molecule has 1 aromatic heterocycles. The number of sulfonamides is 1. The fourth-order valence-electron chi connectivity index (χ4n) is 2.97. The van der Waals surface area contributed by atoms with Gasteiger partial charge in [0.15, 0.2) is 0 Å². The lowest BCUT2D eigenvalue weighted by molar-refractivity contribution is 0.231. The zero-order valence-electron chi connectivity index (χ0n) is 15.9. The van der Waals surface area contributed by atoms with Crippen LogP contribution in [0.4, 0.5) is 14.6 Å². The van der Waals surface area contributed by atoms with Crippen LogP contribution in [-0.2, 0) is 10.0 Å². The first kappa shape index (κ1) is 20.4. The van der Waals surface area contributed by atoms with Gasteiger partial charge in [-0.2, -0.15) is 9.29 Å². The molecule has 0 N–H and O–H groups in total. The summed E-state index contributed by atoms with van der Waals surface area (Å²) in [5.41, 5.74) is 0. The predicted octanol–water partition coefficient (Wildman–Crippen LogP) is 2.36. The maximum absolute atomic E-state index is 13.9. The van der Waals surface area contributed by atoms with Gasteiger partial charge in [0.25, 0.3) is 0 Å². The van der Waals surface area contributed by atoms with Crippen LogP contribution in [0.25, 0.3) is 0 Å². The first-order valence-corrected chi connectivity index (χ1v) is 10.3. The lowest BCUT2D eigenvalue weighted by Crippen LogP contribution is -2.49. The second-order valence-electron chi connectivity index (χ2n) is 6.74. The number of hydrogen-bond acceptors (Lipinski definition) is 6. The van der Waals surface area contributed by atoms with Crippen molar-refractivity contribution in [2.45, 2.75) is 31.8 Å². The van der Waals surface area contributed by atoms with Crippen molar-refractivity contribution >= 4 is 15.8 Å². The summed E-state index contributed by atoms with van der Waals surface area (Å²) in [6, 6.07) is 4.18. The summed E-state index contributed by atoms with van der Waals surface area (Å²) >= 11 is 0. The molecule has 0 spiro atoms. The minimum Gasteiger partial charge on any atom is -0.475 e. The average Bonchev–Trinajstić information content (AvgIpc) is 2.60. The van der Waals surface area contributed by atoms with Crippen LogP contribution in [0, 0.1) is 18.6 Å². The van der Waals surface area contributed by atoms with Crippen LogP contribution in [0.1, 0.15) is 19.7 Å². The second kappa shape index (κ2) is 7.96. The van der Waals surface area contributed by atoms with Gasteiger partial charge in [-0.25, -0.2) is 22.2 Å². The van der Waals surface area contributed by atoms with Gasteiger partial charge in [0.1, 0.15) is 28.2 Å². The van der Waals surface area contributed by atoms with Crippen LogP contribution in [0.3, 0.4) is 0 Å². The molecule has 0 aliphatic carbocycles. The lowest BCUT2D eigenvalue weighted by Gasteiger charge is -2.34. The summed E-state index contributed by atoms with van der Waals surface area (Å²) < 4.78 is 59.2. The number of nitrogens with zero attached hydrogens (tertiary/aromatic N) is 4. The Kier molecular flexibility index (Phi) is 5.80. The Bertz CT molecular complexity index is 961. The number of piperazine rings is 1. The van der Waals surface area contributed by atoms with Crippen molar-refractivity contribution in [2.24, 2.45) is 0 Å². The van der Waals surface area contributed by atoms with Gasteiger partial charge in [-0.3, -0.25) is 0 Å². The van der Waals surface area contributed by atoms with Gasteiger partial charge in [0.2, 0.25) is 15.9 Å². The number of rotatable bonds is 5. The Hall–Kier alpha value is -2.33. The summed E-state index contributed by atoms with van der Waals surface area (Å²) in [6.45, 7) is 6.61. The van der Waals surface area contributed by atoms with Crippen LogP contribution in [0.2, 0.25) is 0 Å². The van der Waals surface area contributed by atoms with E-state index in [2.05, 4.69) is 9.97 Å². The van der Waals surface area contributed by atoms with Crippen molar-refractivity contribution in [3.8, 4) is 5.88 Å². The minimum absolute atomic E-state index is 0.0326. The number of benzene rings is 1.